The first-order valence-electron chi connectivity index (χ1n) is 6.00. The minimum atomic E-state index is 0.0863. The highest BCUT2D eigenvalue weighted by molar-refractivity contribution is 7.11. The van der Waals surface area contributed by atoms with Gasteiger partial charge in [0.25, 0.3) is 0 Å². The van der Waals surface area contributed by atoms with E-state index in [-0.39, 0.29) is 12.6 Å². The molecule has 0 aliphatic rings. The van der Waals surface area contributed by atoms with Crippen molar-refractivity contribution in [2.24, 2.45) is 0 Å². The molecular formula is C14H18N2OS. The lowest BCUT2D eigenvalue weighted by atomic mass is 10.2. The number of thiazole rings is 1. The minimum Gasteiger partial charge on any atom is -0.392 e. The van der Waals surface area contributed by atoms with Crippen molar-refractivity contribution in [1.82, 2.24) is 4.98 Å². The van der Waals surface area contributed by atoms with Crippen LogP contribution in [-0.4, -0.2) is 10.1 Å². The molecule has 0 aliphatic carbocycles. The van der Waals surface area contributed by atoms with Crippen LogP contribution in [0.3, 0.4) is 0 Å². The topological polar surface area (TPSA) is 45.2 Å². The van der Waals surface area contributed by atoms with E-state index < -0.39 is 0 Å². The van der Waals surface area contributed by atoms with Crippen LogP contribution in [0.5, 0.6) is 0 Å². The number of aryl methyl sites for hydroxylation is 2. The molecule has 0 aliphatic heterocycles. The summed E-state index contributed by atoms with van der Waals surface area (Å²) in [6.45, 7) is 6.30. The van der Waals surface area contributed by atoms with Gasteiger partial charge in [0.15, 0.2) is 0 Å². The minimum absolute atomic E-state index is 0.0863. The van der Waals surface area contributed by atoms with Gasteiger partial charge < -0.3 is 10.4 Å². The molecule has 18 heavy (non-hydrogen) atoms. The standard InChI is InChI=1S/C14H18N2OS/c1-9-14(18-11(3)15-9)10(2)16-13-6-4-12(8-17)5-7-13/h4-7,10,16-17H,8H2,1-3H3. The fourth-order valence-electron chi connectivity index (χ4n) is 1.97. The van der Waals surface area contributed by atoms with Crippen LogP contribution in [0.1, 0.15) is 34.1 Å². The highest BCUT2D eigenvalue weighted by Crippen LogP contribution is 2.27. The SMILES string of the molecule is Cc1nc(C)c(C(C)Nc2ccc(CO)cc2)s1. The molecule has 2 rings (SSSR count). The Morgan fingerprint density at radius 1 is 1.28 bits per heavy atom. The van der Waals surface area contributed by atoms with Crippen LogP contribution < -0.4 is 5.32 Å². The first-order valence-corrected chi connectivity index (χ1v) is 6.82. The Balaban J connectivity index is 2.10. The summed E-state index contributed by atoms with van der Waals surface area (Å²) in [7, 11) is 0. The Bertz CT molecular complexity index is 519. The number of rotatable bonds is 4. The van der Waals surface area contributed by atoms with Gasteiger partial charge in [0.2, 0.25) is 0 Å². The second-order valence-electron chi connectivity index (χ2n) is 4.40. The molecule has 0 amide bonds. The van der Waals surface area contributed by atoms with E-state index in [9.17, 15) is 0 Å². The van der Waals surface area contributed by atoms with Crippen LogP contribution in [0.15, 0.2) is 24.3 Å². The Labute approximate surface area is 112 Å². The predicted octanol–water partition coefficient (Wildman–Crippen LogP) is 3.43. The molecule has 2 aromatic rings. The Morgan fingerprint density at radius 2 is 1.94 bits per heavy atom. The van der Waals surface area contributed by atoms with Gasteiger partial charge in [0.05, 0.1) is 23.4 Å². The normalized spacial score (nSPS) is 12.4. The Morgan fingerprint density at radius 3 is 2.44 bits per heavy atom. The number of anilines is 1. The number of hydrogen-bond acceptors (Lipinski definition) is 4. The molecule has 3 nitrogen and oxygen atoms in total. The number of hydrogen-bond donors (Lipinski definition) is 2. The van der Waals surface area contributed by atoms with Crippen molar-refractivity contribution in [3.63, 3.8) is 0 Å². The van der Waals surface area contributed by atoms with Gasteiger partial charge in [0.1, 0.15) is 0 Å². The Hall–Kier alpha value is -1.39. The van der Waals surface area contributed by atoms with Gasteiger partial charge in [-0.15, -0.1) is 11.3 Å². The van der Waals surface area contributed by atoms with Gasteiger partial charge in [-0.2, -0.15) is 0 Å². The van der Waals surface area contributed by atoms with Crippen molar-refractivity contribution in [3.05, 3.63) is 45.4 Å². The maximum atomic E-state index is 9.00. The van der Waals surface area contributed by atoms with Crippen molar-refractivity contribution in [2.75, 3.05) is 5.32 Å². The third kappa shape index (κ3) is 2.89. The second kappa shape index (κ2) is 5.50. The molecule has 1 heterocycles. The van der Waals surface area contributed by atoms with Gasteiger partial charge in [0, 0.05) is 10.6 Å². The number of nitrogens with zero attached hydrogens (tertiary/aromatic N) is 1. The van der Waals surface area contributed by atoms with Crippen LogP contribution in [0.2, 0.25) is 0 Å². The molecule has 1 aromatic carbocycles. The molecular weight excluding hydrogens is 244 g/mol. The van der Waals surface area contributed by atoms with Crippen LogP contribution in [0.4, 0.5) is 5.69 Å². The fraction of sp³-hybridized carbons (Fsp3) is 0.357. The number of aliphatic hydroxyl groups excluding tert-OH is 1. The summed E-state index contributed by atoms with van der Waals surface area (Å²) in [5.41, 5.74) is 3.09. The molecule has 1 atom stereocenters. The lowest BCUT2D eigenvalue weighted by Crippen LogP contribution is -2.06. The highest BCUT2D eigenvalue weighted by atomic mass is 32.1. The monoisotopic (exact) mass is 262 g/mol. The summed E-state index contributed by atoms with van der Waals surface area (Å²) in [5, 5.41) is 13.6. The number of nitrogens with one attached hydrogen (secondary N) is 1. The molecule has 0 saturated carbocycles. The number of aromatic nitrogens is 1. The van der Waals surface area contributed by atoms with Crippen LogP contribution in [0.25, 0.3) is 0 Å². The second-order valence-corrected chi connectivity index (χ2v) is 5.64. The summed E-state index contributed by atoms with van der Waals surface area (Å²) in [5.74, 6) is 0. The van der Waals surface area contributed by atoms with Gasteiger partial charge in [-0.05, 0) is 38.5 Å². The average molecular weight is 262 g/mol. The van der Waals surface area contributed by atoms with Gasteiger partial charge >= 0.3 is 0 Å². The summed E-state index contributed by atoms with van der Waals surface area (Å²) in [4.78, 5) is 5.72. The van der Waals surface area contributed by atoms with Crippen molar-refractivity contribution < 1.29 is 5.11 Å². The molecule has 0 bridgehead atoms. The first-order chi connectivity index (χ1) is 8.60. The molecule has 0 fully saturated rings. The molecule has 0 saturated heterocycles. The fourth-order valence-corrected chi connectivity index (χ4v) is 2.90. The van der Waals surface area contributed by atoms with Crippen LogP contribution in [0, 0.1) is 13.8 Å². The van der Waals surface area contributed by atoms with E-state index in [0.717, 1.165) is 22.0 Å². The van der Waals surface area contributed by atoms with E-state index in [0.29, 0.717) is 0 Å². The molecule has 96 valence electrons. The van der Waals surface area contributed by atoms with Gasteiger partial charge in [-0.1, -0.05) is 12.1 Å². The van der Waals surface area contributed by atoms with Gasteiger partial charge in [-0.25, -0.2) is 4.98 Å². The smallest absolute Gasteiger partial charge is 0.0900 e. The molecule has 1 unspecified atom stereocenters. The summed E-state index contributed by atoms with van der Waals surface area (Å²) >= 11 is 1.74. The molecule has 1 aromatic heterocycles. The van der Waals surface area contributed by atoms with Crippen LogP contribution >= 0.6 is 11.3 Å². The molecule has 2 N–H and O–H groups in total. The zero-order valence-electron chi connectivity index (χ0n) is 10.9. The summed E-state index contributed by atoms with van der Waals surface area (Å²) in [6.07, 6.45) is 0. The van der Waals surface area contributed by atoms with E-state index >= 15 is 0 Å². The zero-order chi connectivity index (χ0) is 13.1. The van der Waals surface area contributed by atoms with E-state index in [2.05, 4.69) is 17.2 Å². The van der Waals surface area contributed by atoms with Gasteiger partial charge in [-0.3, -0.25) is 0 Å². The lowest BCUT2D eigenvalue weighted by Gasteiger charge is -2.14. The summed E-state index contributed by atoms with van der Waals surface area (Å²) < 4.78 is 0. The molecule has 0 spiro atoms. The first kappa shape index (κ1) is 13.1. The zero-order valence-corrected chi connectivity index (χ0v) is 11.7. The average Bonchev–Trinajstić information content (AvgIpc) is 2.69. The van der Waals surface area contributed by atoms with Crippen molar-refractivity contribution in [1.29, 1.82) is 0 Å². The van der Waals surface area contributed by atoms with E-state index in [1.807, 2.05) is 38.1 Å². The largest absolute Gasteiger partial charge is 0.392 e. The maximum absolute atomic E-state index is 9.00. The predicted molar refractivity (Wildman–Crippen MR) is 76.0 cm³/mol. The summed E-state index contributed by atoms with van der Waals surface area (Å²) in [6, 6.07) is 8.09. The maximum Gasteiger partial charge on any atom is 0.0900 e. The van der Waals surface area contributed by atoms with Crippen molar-refractivity contribution in [2.45, 2.75) is 33.4 Å². The van der Waals surface area contributed by atoms with Crippen molar-refractivity contribution >= 4 is 17.0 Å². The number of aliphatic hydroxyl groups is 1. The lowest BCUT2D eigenvalue weighted by molar-refractivity contribution is 0.282. The molecule has 0 radical (unpaired) electrons. The number of benzene rings is 1. The Kier molecular flexibility index (Phi) is 3.99. The quantitative estimate of drug-likeness (QED) is 0.887. The van der Waals surface area contributed by atoms with E-state index in [4.69, 9.17) is 5.11 Å². The van der Waals surface area contributed by atoms with E-state index in [1.54, 1.807) is 11.3 Å². The highest BCUT2D eigenvalue weighted by Gasteiger charge is 2.12. The third-order valence-corrected chi connectivity index (χ3v) is 4.11. The van der Waals surface area contributed by atoms with E-state index in [1.165, 1.54) is 4.88 Å². The third-order valence-electron chi connectivity index (χ3n) is 2.85. The van der Waals surface area contributed by atoms with Crippen molar-refractivity contribution in [3.8, 4) is 0 Å². The molecule has 4 heteroatoms. The van der Waals surface area contributed by atoms with Crippen LogP contribution in [-0.2, 0) is 6.61 Å².